The first kappa shape index (κ1) is 27.8. The fourth-order valence-electron chi connectivity index (χ4n) is 4.64. The van der Waals surface area contributed by atoms with Gasteiger partial charge in [-0.2, -0.15) is 0 Å². The van der Waals surface area contributed by atoms with Crippen LogP contribution < -0.4 is 19.6 Å². The highest BCUT2D eigenvalue weighted by atomic mass is 35.5. The van der Waals surface area contributed by atoms with E-state index in [0.29, 0.717) is 57.7 Å². The van der Waals surface area contributed by atoms with E-state index < -0.39 is 12.0 Å². The van der Waals surface area contributed by atoms with E-state index in [2.05, 4.69) is 4.99 Å². The van der Waals surface area contributed by atoms with Crippen molar-refractivity contribution >= 4 is 40.9 Å². The summed E-state index contributed by atoms with van der Waals surface area (Å²) in [5.41, 5.74) is 1.85. The normalized spacial score (nSPS) is 17.3. The number of carbonyl (C=O) groups is 2. The van der Waals surface area contributed by atoms with Gasteiger partial charge in [0.05, 0.1) is 35.6 Å². The van der Waals surface area contributed by atoms with Crippen LogP contribution in [-0.2, 0) is 19.1 Å². The Kier molecular flexibility index (Phi) is 8.49. The van der Waals surface area contributed by atoms with Crippen molar-refractivity contribution in [3.05, 3.63) is 95.6 Å². The van der Waals surface area contributed by atoms with Crippen LogP contribution in [0.4, 0.5) is 0 Å². The molecule has 1 aromatic heterocycles. The van der Waals surface area contributed by atoms with E-state index in [9.17, 15) is 14.4 Å². The summed E-state index contributed by atoms with van der Waals surface area (Å²) >= 11 is 7.78. The van der Waals surface area contributed by atoms with Gasteiger partial charge in [0.25, 0.3) is 11.5 Å². The minimum Gasteiger partial charge on any atom is -0.484 e. The predicted molar refractivity (Wildman–Crippen MR) is 151 cm³/mol. The van der Waals surface area contributed by atoms with Crippen molar-refractivity contribution in [1.82, 2.24) is 9.47 Å². The summed E-state index contributed by atoms with van der Waals surface area (Å²) in [6.07, 6.45) is 1.76. The van der Waals surface area contributed by atoms with Crippen LogP contribution in [-0.4, -0.2) is 60.9 Å². The quantitative estimate of drug-likeness (QED) is 0.398. The molecule has 9 nitrogen and oxygen atoms in total. The Morgan fingerprint density at radius 3 is 2.58 bits per heavy atom. The molecular formula is C29H28ClN3O6S. The Labute approximate surface area is 239 Å². The third-order valence-electron chi connectivity index (χ3n) is 6.62. The topological polar surface area (TPSA) is 99.4 Å². The second-order valence-electron chi connectivity index (χ2n) is 9.17. The fraction of sp³-hybridized carbons (Fsp3) is 0.310. The maximum absolute atomic E-state index is 13.7. The van der Waals surface area contributed by atoms with Gasteiger partial charge < -0.3 is 19.1 Å². The average molecular weight is 582 g/mol. The lowest BCUT2D eigenvalue weighted by molar-refractivity contribution is -0.139. The Balaban J connectivity index is 1.45. The molecule has 1 fully saturated rings. The Bertz CT molecular complexity index is 1640. The summed E-state index contributed by atoms with van der Waals surface area (Å²) < 4.78 is 18.2. The van der Waals surface area contributed by atoms with Gasteiger partial charge >= 0.3 is 5.97 Å². The number of esters is 1. The summed E-state index contributed by atoms with van der Waals surface area (Å²) in [5.74, 6) is -0.0710. The molecule has 2 aliphatic heterocycles. The molecule has 0 saturated carbocycles. The first-order chi connectivity index (χ1) is 19.4. The number of rotatable bonds is 7. The van der Waals surface area contributed by atoms with Gasteiger partial charge in [-0.1, -0.05) is 53.3 Å². The first-order valence-corrected chi connectivity index (χ1v) is 14.1. The summed E-state index contributed by atoms with van der Waals surface area (Å²) in [5, 5.41) is 0.432. The van der Waals surface area contributed by atoms with Crippen LogP contribution >= 0.6 is 22.9 Å². The number of halogens is 1. The number of fused-ring (bicyclic) bond motifs is 1. The maximum atomic E-state index is 13.7. The summed E-state index contributed by atoms with van der Waals surface area (Å²) in [4.78, 5) is 45.8. The number of thiazole rings is 1. The van der Waals surface area contributed by atoms with Crippen LogP contribution in [0.15, 0.2) is 69.6 Å². The highest BCUT2D eigenvalue weighted by molar-refractivity contribution is 7.07. The number of morpholine rings is 1. The smallest absolute Gasteiger partial charge is 0.338 e. The van der Waals surface area contributed by atoms with E-state index in [1.54, 1.807) is 55.2 Å². The molecule has 0 N–H and O–H groups in total. The van der Waals surface area contributed by atoms with Crippen LogP contribution in [0.1, 0.15) is 31.0 Å². The van der Waals surface area contributed by atoms with Gasteiger partial charge in [-0.15, -0.1) is 0 Å². The minimum absolute atomic E-state index is 0.0534. The highest BCUT2D eigenvalue weighted by Crippen LogP contribution is 2.34. The van der Waals surface area contributed by atoms with Crippen LogP contribution in [0, 0.1) is 0 Å². The van der Waals surface area contributed by atoms with Crippen LogP contribution in [0.3, 0.4) is 0 Å². The second kappa shape index (κ2) is 12.2. The predicted octanol–water partition coefficient (Wildman–Crippen LogP) is 2.69. The monoisotopic (exact) mass is 581 g/mol. The number of carbonyl (C=O) groups excluding carboxylic acids is 2. The van der Waals surface area contributed by atoms with Gasteiger partial charge in [0.2, 0.25) is 0 Å². The Morgan fingerprint density at radius 2 is 1.88 bits per heavy atom. The van der Waals surface area contributed by atoms with Crippen molar-refractivity contribution < 1.29 is 23.8 Å². The lowest BCUT2D eigenvalue weighted by Crippen LogP contribution is -2.42. The molecular weight excluding hydrogens is 554 g/mol. The molecule has 1 atom stereocenters. The zero-order valence-corrected chi connectivity index (χ0v) is 23.7. The van der Waals surface area contributed by atoms with Gasteiger partial charge in [-0.25, -0.2) is 9.79 Å². The van der Waals surface area contributed by atoms with Gasteiger partial charge in [0.15, 0.2) is 11.4 Å². The average Bonchev–Trinajstić information content (AvgIpc) is 3.26. The molecule has 11 heteroatoms. The number of nitrogens with zero attached hydrogens (tertiary/aromatic N) is 3. The molecule has 0 aliphatic carbocycles. The lowest BCUT2D eigenvalue weighted by atomic mass is 9.96. The molecule has 2 aromatic carbocycles. The van der Waals surface area contributed by atoms with Crippen LogP contribution in [0.5, 0.6) is 5.75 Å². The van der Waals surface area contributed by atoms with E-state index in [4.69, 9.17) is 25.8 Å². The summed E-state index contributed by atoms with van der Waals surface area (Å²) in [6.45, 7) is 5.80. The largest absolute Gasteiger partial charge is 0.484 e. The van der Waals surface area contributed by atoms with Crippen LogP contribution in [0.2, 0.25) is 5.02 Å². The van der Waals surface area contributed by atoms with E-state index >= 15 is 0 Å². The number of aromatic nitrogens is 1. The molecule has 5 rings (SSSR count). The third-order valence-corrected chi connectivity index (χ3v) is 7.95. The number of allylic oxidation sites excluding steroid dienone is 1. The molecule has 1 saturated heterocycles. The lowest BCUT2D eigenvalue weighted by Gasteiger charge is -2.26. The van der Waals surface area contributed by atoms with Crippen molar-refractivity contribution in [3.8, 4) is 5.75 Å². The van der Waals surface area contributed by atoms with E-state index in [0.717, 1.165) is 5.56 Å². The third kappa shape index (κ3) is 5.74. The summed E-state index contributed by atoms with van der Waals surface area (Å²) in [6, 6.07) is 13.5. The Morgan fingerprint density at radius 1 is 1.15 bits per heavy atom. The van der Waals surface area contributed by atoms with Gasteiger partial charge in [-0.05, 0) is 49.2 Å². The highest BCUT2D eigenvalue weighted by Gasteiger charge is 2.34. The Hall–Kier alpha value is -3.73. The van der Waals surface area contributed by atoms with Crippen molar-refractivity contribution in [2.75, 3.05) is 39.5 Å². The van der Waals surface area contributed by atoms with Crippen molar-refractivity contribution in [2.24, 2.45) is 4.99 Å². The zero-order valence-electron chi connectivity index (χ0n) is 22.1. The second-order valence-corrected chi connectivity index (χ2v) is 10.6. The fourth-order valence-corrected chi connectivity index (χ4v) is 5.93. The molecule has 0 bridgehead atoms. The zero-order chi connectivity index (χ0) is 28.2. The van der Waals surface area contributed by atoms with Gasteiger partial charge in [-0.3, -0.25) is 14.2 Å². The number of benzene rings is 2. The van der Waals surface area contributed by atoms with E-state index in [1.807, 2.05) is 18.2 Å². The number of hydrogen-bond acceptors (Lipinski definition) is 8. The maximum Gasteiger partial charge on any atom is 0.338 e. The van der Waals surface area contributed by atoms with Crippen molar-refractivity contribution in [2.45, 2.75) is 19.9 Å². The van der Waals surface area contributed by atoms with Crippen LogP contribution in [0.25, 0.3) is 6.08 Å². The minimum atomic E-state index is -0.772. The number of amides is 1. The molecule has 0 spiro atoms. The molecule has 3 heterocycles. The molecule has 40 heavy (non-hydrogen) atoms. The van der Waals surface area contributed by atoms with Crippen molar-refractivity contribution in [3.63, 3.8) is 0 Å². The molecule has 208 valence electrons. The molecule has 3 aromatic rings. The summed E-state index contributed by atoms with van der Waals surface area (Å²) in [7, 11) is 0. The molecule has 0 radical (unpaired) electrons. The molecule has 1 amide bonds. The van der Waals surface area contributed by atoms with E-state index in [1.165, 1.54) is 15.9 Å². The first-order valence-electron chi connectivity index (χ1n) is 12.9. The number of hydrogen-bond donors (Lipinski definition) is 0. The van der Waals surface area contributed by atoms with Gasteiger partial charge in [0, 0.05) is 18.1 Å². The molecule has 0 unspecified atom stereocenters. The van der Waals surface area contributed by atoms with Crippen molar-refractivity contribution in [1.29, 1.82) is 0 Å². The van der Waals surface area contributed by atoms with E-state index in [-0.39, 0.29) is 30.3 Å². The van der Waals surface area contributed by atoms with Gasteiger partial charge in [0.1, 0.15) is 11.8 Å². The standard InChI is InChI=1S/C29H28ClN3O6S/c1-3-38-28(36)25-18(2)31-29-33(26(25)21-6-4-5-7-22(21)30)27(35)23(40-29)16-19-8-10-20(11-9-19)39-17-24(34)32-12-14-37-15-13-32/h4-11,16,26H,3,12-15,17H2,1-2H3/b23-16+/t26-/m1/s1. The number of ether oxygens (including phenoxy) is 3. The SMILES string of the molecule is CCOC(=O)C1=C(C)N=c2s/c(=C/c3ccc(OCC(=O)N4CCOCC4)cc3)c(=O)n2[C@@H]1c1ccccc1Cl. The molecule has 2 aliphatic rings.